The van der Waals surface area contributed by atoms with Crippen molar-refractivity contribution >= 4 is 28.2 Å². The van der Waals surface area contributed by atoms with Gasteiger partial charge in [-0.25, -0.2) is 4.79 Å². The normalized spacial score (nSPS) is 10.4. The molecule has 3 aromatic rings. The first-order valence-electron chi connectivity index (χ1n) is 9.37. The first kappa shape index (κ1) is 21.4. The second-order valence-electron chi connectivity index (χ2n) is 6.46. The van der Waals surface area contributed by atoms with E-state index in [1.165, 1.54) is 11.3 Å². The fourth-order valence-corrected chi connectivity index (χ4v) is 3.95. The van der Waals surface area contributed by atoms with Gasteiger partial charge >= 0.3 is 5.97 Å². The minimum Gasteiger partial charge on any atom is -0.497 e. The number of aryl methyl sites for hydroxylation is 1. The molecular weight excluding hydrogens is 402 g/mol. The highest BCUT2D eigenvalue weighted by Crippen LogP contribution is 2.40. The summed E-state index contributed by atoms with van der Waals surface area (Å²) < 4.78 is 15.9. The van der Waals surface area contributed by atoms with E-state index in [1.54, 1.807) is 45.4 Å². The summed E-state index contributed by atoms with van der Waals surface area (Å²) in [5.41, 5.74) is 3.21. The molecule has 1 amide bonds. The van der Waals surface area contributed by atoms with Crippen molar-refractivity contribution < 1.29 is 23.8 Å². The Kier molecular flexibility index (Phi) is 6.74. The molecule has 156 valence electrons. The van der Waals surface area contributed by atoms with Crippen molar-refractivity contribution in [2.45, 2.75) is 13.8 Å². The van der Waals surface area contributed by atoms with E-state index in [1.807, 2.05) is 30.5 Å². The number of amides is 1. The van der Waals surface area contributed by atoms with Crippen LogP contribution in [0.15, 0.2) is 47.8 Å². The molecular formula is C23H23NO5S. The van der Waals surface area contributed by atoms with Gasteiger partial charge in [-0.2, -0.15) is 0 Å². The highest BCUT2D eigenvalue weighted by molar-refractivity contribution is 7.15. The van der Waals surface area contributed by atoms with Gasteiger partial charge < -0.3 is 19.5 Å². The SMILES string of the molecule is CCOC(=O)c1c(-c2cc(C)ccc2OC)csc1NC(=O)c1ccc(OC)cc1. The smallest absolute Gasteiger partial charge is 0.341 e. The summed E-state index contributed by atoms with van der Waals surface area (Å²) in [6, 6.07) is 12.5. The van der Waals surface area contributed by atoms with Crippen LogP contribution in [0.2, 0.25) is 0 Å². The summed E-state index contributed by atoms with van der Waals surface area (Å²) in [5.74, 6) is 0.468. The lowest BCUT2D eigenvalue weighted by Crippen LogP contribution is -2.14. The fraction of sp³-hybridized carbons (Fsp3) is 0.217. The van der Waals surface area contributed by atoms with Gasteiger partial charge in [-0.15, -0.1) is 11.3 Å². The second kappa shape index (κ2) is 9.45. The van der Waals surface area contributed by atoms with Crippen LogP contribution < -0.4 is 14.8 Å². The van der Waals surface area contributed by atoms with Crippen LogP contribution in [0.4, 0.5) is 5.00 Å². The number of carbonyl (C=O) groups is 2. The van der Waals surface area contributed by atoms with E-state index >= 15 is 0 Å². The predicted molar refractivity (Wildman–Crippen MR) is 118 cm³/mol. The zero-order valence-corrected chi connectivity index (χ0v) is 18.1. The van der Waals surface area contributed by atoms with Crippen molar-refractivity contribution in [1.82, 2.24) is 0 Å². The lowest BCUT2D eigenvalue weighted by Gasteiger charge is -2.12. The zero-order chi connectivity index (χ0) is 21.7. The van der Waals surface area contributed by atoms with Crippen molar-refractivity contribution in [3.05, 3.63) is 64.5 Å². The van der Waals surface area contributed by atoms with Gasteiger partial charge in [0.2, 0.25) is 0 Å². The molecule has 0 aliphatic carbocycles. The van der Waals surface area contributed by atoms with Crippen LogP contribution in [-0.2, 0) is 4.74 Å². The molecule has 0 saturated heterocycles. The van der Waals surface area contributed by atoms with Gasteiger partial charge in [0.05, 0.1) is 20.8 Å². The Morgan fingerprint density at radius 1 is 1.00 bits per heavy atom. The van der Waals surface area contributed by atoms with E-state index in [4.69, 9.17) is 14.2 Å². The monoisotopic (exact) mass is 425 g/mol. The lowest BCUT2D eigenvalue weighted by atomic mass is 10.0. The molecule has 1 aromatic heterocycles. The van der Waals surface area contributed by atoms with E-state index in [0.717, 1.165) is 11.1 Å². The zero-order valence-electron chi connectivity index (χ0n) is 17.3. The van der Waals surface area contributed by atoms with E-state index in [0.29, 0.717) is 33.2 Å². The van der Waals surface area contributed by atoms with Gasteiger partial charge in [-0.3, -0.25) is 4.79 Å². The molecule has 0 spiro atoms. The molecule has 2 aromatic carbocycles. The molecule has 0 aliphatic heterocycles. The standard InChI is InChI=1S/C23H23NO5S/c1-5-29-23(26)20-18(17-12-14(2)6-11-19(17)28-4)13-30-22(20)24-21(25)15-7-9-16(27-3)10-8-15/h6-13H,5H2,1-4H3,(H,24,25). The Balaban J connectivity index is 2.02. The molecule has 0 aliphatic rings. The lowest BCUT2D eigenvalue weighted by molar-refractivity contribution is 0.0529. The maximum atomic E-state index is 12.8. The molecule has 30 heavy (non-hydrogen) atoms. The minimum absolute atomic E-state index is 0.227. The molecule has 0 unspecified atom stereocenters. The average Bonchev–Trinajstić information content (AvgIpc) is 3.17. The molecule has 6 nitrogen and oxygen atoms in total. The van der Waals surface area contributed by atoms with Crippen LogP contribution in [-0.4, -0.2) is 32.7 Å². The van der Waals surface area contributed by atoms with Gasteiger partial charge in [0.1, 0.15) is 22.1 Å². The Bertz CT molecular complexity index is 1060. The Labute approximate surface area is 179 Å². The number of benzene rings is 2. The fourth-order valence-electron chi connectivity index (χ4n) is 3.00. The molecule has 0 fully saturated rings. The van der Waals surface area contributed by atoms with Crippen LogP contribution in [0.25, 0.3) is 11.1 Å². The summed E-state index contributed by atoms with van der Waals surface area (Å²) in [7, 11) is 3.14. The third-order valence-electron chi connectivity index (χ3n) is 4.50. The van der Waals surface area contributed by atoms with E-state index in [9.17, 15) is 9.59 Å². The number of hydrogen-bond donors (Lipinski definition) is 1. The van der Waals surface area contributed by atoms with Gasteiger partial charge in [-0.1, -0.05) is 11.6 Å². The highest BCUT2D eigenvalue weighted by atomic mass is 32.1. The van der Waals surface area contributed by atoms with Crippen LogP contribution in [0.3, 0.4) is 0 Å². The number of rotatable bonds is 7. The first-order chi connectivity index (χ1) is 14.5. The number of nitrogens with one attached hydrogen (secondary N) is 1. The maximum absolute atomic E-state index is 12.8. The molecule has 7 heteroatoms. The van der Waals surface area contributed by atoms with Crippen LogP contribution in [0.5, 0.6) is 11.5 Å². The number of thiophene rings is 1. The molecule has 1 N–H and O–H groups in total. The topological polar surface area (TPSA) is 73.9 Å². The van der Waals surface area contributed by atoms with Crippen molar-refractivity contribution in [1.29, 1.82) is 0 Å². The summed E-state index contributed by atoms with van der Waals surface area (Å²) in [5, 5.41) is 5.09. The largest absolute Gasteiger partial charge is 0.497 e. The van der Waals surface area contributed by atoms with Gasteiger partial charge in [-0.05, 0) is 50.2 Å². The Morgan fingerprint density at radius 3 is 2.37 bits per heavy atom. The molecule has 0 radical (unpaired) electrons. The molecule has 0 saturated carbocycles. The Hall–Kier alpha value is -3.32. The third kappa shape index (κ3) is 4.46. The predicted octanol–water partition coefficient (Wildman–Crippen LogP) is 5.17. The molecule has 1 heterocycles. The average molecular weight is 426 g/mol. The highest BCUT2D eigenvalue weighted by Gasteiger charge is 2.25. The van der Waals surface area contributed by atoms with E-state index in [2.05, 4.69) is 5.32 Å². The Morgan fingerprint density at radius 2 is 1.73 bits per heavy atom. The van der Waals surface area contributed by atoms with Crippen LogP contribution in [0, 0.1) is 6.92 Å². The van der Waals surface area contributed by atoms with Crippen molar-refractivity contribution in [2.24, 2.45) is 0 Å². The summed E-state index contributed by atoms with van der Waals surface area (Å²) in [6.07, 6.45) is 0. The van der Waals surface area contributed by atoms with E-state index < -0.39 is 5.97 Å². The summed E-state index contributed by atoms with van der Waals surface area (Å²) >= 11 is 1.27. The number of anilines is 1. The summed E-state index contributed by atoms with van der Waals surface area (Å²) in [6.45, 7) is 3.93. The molecule has 0 bridgehead atoms. The number of carbonyl (C=O) groups excluding carboxylic acids is 2. The van der Waals surface area contributed by atoms with E-state index in [-0.39, 0.29) is 12.5 Å². The van der Waals surface area contributed by atoms with Gasteiger partial charge in [0, 0.05) is 22.1 Å². The number of ether oxygens (including phenoxy) is 3. The van der Waals surface area contributed by atoms with Gasteiger partial charge in [0.15, 0.2) is 0 Å². The molecule has 3 rings (SSSR count). The maximum Gasteiger partial charge on any atom is 0.341 e. The quantitative estimate of drug-likeness (QED) is 0.529. The van der Waals surface area contributed by atoms with Crippen molar-refractivity contribution in [2.75, 3.05) is 26.1 Å². The third-order valence-corrected chi connectivity index (χ3v) is 5.39. The number of methoxy groups -OCH3 is 2. The van der Waals surface area contributed by atoms with Crippen LogP contribution >= 0.6 is 11.3 Å². The van der Waals surface area contributed by atoms with Crippen molar-refractivity contribution in [3.8, 4) is 22.6 Å². The van der Waals surface area contributed by atoms with Crippen LogP contribution in [0.1, 0.15) is 33.2 Å². The number of hydrogen-bond acceptors (Lipinski definition) is 6. The first-order valence-corrected chi connectivity index (χ1v) is 10.3. The van der Waals surface area contributed by atoms with Gasteiger partial charge in [0.25, 0.3) is 5.91 Å². The van der Waals surface area contributed by atoms with Crippen molar-refractivity contribution in [3.63, 3.8) is 0 Å². The number of esters is 1. The molecule has 0 atom stereocenters. The summed E-state index contributed by atoms with van der Waals surface area (Å²) in [4.78, 5) is 25.5. The second-order valence-corrected chi connectivity index (χ2v) is 7.34. The minimum atomic E-state index is -0.498.